The summed E-state index contributed by atoms with van der Waals surface area (Å²) in [6.07, 6.45) is 0.610. The lowest BCUT2D eigenvalue weighted by Crippen LogP contribution is -2.00. The van der Waals surface area contributed by atoms with Crippen LogP contribution in [0, 0.1) is 0 Å². The Hall–Kier alpha value is -0.800. The molecule has 0 aromatic carbocycles. The lowest BCUT2D eigenvalue weighted by atomic mass is 10.0. The van der Waals surface area contributed by atoms with Crippen molar-refractivity contribution in [3.63, 3.8) is 0 Å². The molecule has 3 heteroatoms. The second kappa shape index (κ2) is 5.78. The van der Waals surface area contributed by atoms with Gasteiger partial charge in [0, 0.05) is 0 Å². The second-order valence-corrected chi connectivity index (χ2v) is 3.03. The maximum Gasteiger partial charge on any atom is 0.119 e. The van der Waals surface area contributed by atoms with Crippen LogP contribution in [-0.2, 0) is 0 Å². The minimum absolute atomic E-state index is 0.0711. The Morgan fingerprint density at radius 2 is 1.62 bits per heavy atom. The van der Waals surface area contributed by atoms with Crippen LogP contribution in [0.4, 0.5) is 0 Å². The van der Waals surface area contributed by atoms with Crippen LogP contribution in [0.3, 0.4) is 0 Å². The molecule has 76 valence electrons. The Balaban J connectivity index is 4.95. The van der Waals surface area contributed by atoms with Gasteiger partial charge in [-0.2, -0.15) is 0 Å². The van der Waals surface area contributed by atoms with Crippen LogP contribution >= 0.6 is 0 Å². The highest BCUT2D eigenvalue weighted by Crippen LogP contribution is 2.17. The van der Waals surface area contributed by atoms with E-state index in [0.717, 1.165) is 5.57 Å². The van der Waals surface area contributed by atoms with Crippen molar-refractivity contribution in [2.75, 3.05) is 13.2 Å². The quantitative estimate of drug-likeness (QED) is 0.461. The van der Waals surface area contributed by atoms with E-state index in [-0.39, 0.29) is 19.0 Å². The van der Waals surface area contributed by atoms with Crippen molar-refractivity contribution in [2.24, 2.45) is 0 Å². The second-order valence-electron chi connectivity index (χ2n) is 3.03. The SMILES string of the molecule is CCC(CO)=C(O)C(C)=C(C)CO. The van der Waals surface area contributed by atoms with Gasteiger partial charge in [-0.15, -0.1) is 0 Å². The van der Waals surface area contributed by atoms with Crippen LogP contribution in [0.15, 0.2) is 22.5 Å². The Morgan fingerprint density at radius 1 is 1.08 bits per heavy atom. The number of hydrogen-bond donors (Lipinski definition) is 3. The summed E-state index contributed by atoms with van der Waals surface area (Å²) in [6, 6.07) is 0. The number of aliphatic hydroxyl groups excluding tert-OH is 3. The third kappa shape index (κ3) is 3.20. The van der Waals surface area contributed by atoms with E-state index in [4.69, 9.17) is 10.2 Å². The van der Waals surface area contributed by atoms with E-state index in [2.05, 4.69) is 0 Å². The van der Waals surface area contributed by atoms with Crippen LogP contribution in [0.25, 0.3) is 0 Å². The summed E-state index contributed by atoms with van der Waals surface area (Å²) in [7, 11) is 0. The highest BCUT2D eigenvalue weighted by atomic mass is 16.3. The molecule has 0 saturated carbocycles. The average molecular weight is 186 g/mol. The van der Waals surface area contributed by atoms with Gasteiger partial charge in [-0.05, 0) is 37.0 Å². The molecular weight excluding hydrogens is 168 g/mol. The van der Waals surface area contributed by atoms with Gasteiger partial charge >= 0.3 is 0 Å². The van der Waals surface area contributed by atoms with Gasteiger partial charge in [-0.3, -0.25) is 0 Å². The Kier molecular flexibility index (Phi) is 5.42. The van der Waals surface area contributed by atoms with E-state index in [1.807, 2.05) is 6.92 Å². The van der Waals surface area contributed by atoms with Crippen LogP contribution < -0.4 is 0 Å². The van der Waals surface area contributed by atoms with Crippen molar-refractivity contribution in [1.82, 2.24) is 0 Å². The summed E-state index contributed by atoms with van der Waals surface area (Å²) in [5.41, 5.74) is 1.97. The van der Waals surface area contributed by atoms with Gasteiger partial charge in [0.1, 0.15) is 5.76 Å². The molecule has 0 spiro atoms. The normalized spacial score (nSPS) is 15.2. The van der Waals surface area contributed by atoms with Crippen LogP contribution in [0.1, 0.15) is 27.2 Å². The maximum atomic E-state index is 9.63. The van der Waals surface area contributed by atoms with Gasteiger partial charge in [-0.25, -0.2) is 0 Å². The van der Waals surface area contributed by atoms with Crippen LogP contribution in [-0.4, -0.2) is 28.5 Å². The minimum atomic E-state index is -0.140. The molecular formula is C10H18O3. The lowest BCUT2D eigenvalue weighted by Gasteiger charge is -2.09. The predicted octanol–water partition coefficient (Wildman–Crippen LogP) is 1.53. The van der Waals surface area contributed by atoms with Crippen molar-refractivity contribution in [3.05, 3.63) is 22.5 Å². The lowest BCUT2D eigenvalue weighted by molar-refractivity contribution is 0.309. The van der Waals surface area contributed by atoms with Crippen LogP contribution in [0.5, 0.6) is 0 Å². The van der Waals surface area contributed by atoms with Crippen molar-refractivity contribution < 1.29 is 15.3 Å². The first-order chi connectivity index (χ1) is 6.08. The van der Waals surface area contributed by atoms with Gasteiger partial charge in [0.25, 0.3) is 0 Å². The number of aliphatic hydroxyl groups is 3. The monoisotopic (exact) mass is 186 g/mol. The summed E-state index contributed by atoms with van der Waals surface area (Å²) in [5, 5.41) is 27.4. The van der Waals surface area contributed by atoms with Crippen molar-refractivity contribution in [3.8, 4) is 0 Å². The van der Waals surface area contributed by atoms with E-state index in [9.17, 15) is 5.11 Å². The fraction of sp³-hybridized carbons (Fsp3) is 0.600. The third-order valence-corrected chi connectivity index (χ3v) is 2.19. The molecule has 0 aliphatic heterocycles. The fourth-order valence-electron chi connectivity index (χ4n) is 0.940. The molecule has 0 amide bonds. The van der Waals surface area contributed by atoms with Gasteiger partial charge in [0.2, 0.25) is 0 Å². The zero-order valence-electron chi connectivity index (χ0n) is 8.46. The molecule has 0 rings (SSSR count). The van der Waals surface area contributed by atoms with Crippen molar-refractivity contribution in [2.45, 2.75) is 27.2 Å². The van der Waals surface area contributed by atoms with Crippen LogP contribution in [0.2, 0.25) is 0 Å². The van der Waals surface area contributed by atoms with E-state index >= 15 is 0 Å². The van der Waals surface area contributed by atoms with Gasteiger partial charge in [0.05, 0.1) is 13.2 Å². The summed E-state index contributed by atoms with van der Waals surface area (Å²) in [6.45, 7) is 5.13. The third-order valence-electron chi connectivity index (χ3n) is 2.19. The van der Waals surface area contributed by atoms with E-state index in [1.54, 1.807) is 13.8 Å². The molecule has 0 radical (unpaired) electrons. The number of hydrogen-bond acceptors (Lipinski definition) is 3. The fourth-order valence-corrected chi connectivity index (χ4v) is 0.940. The molecule has 0 aromatic heterocycles. The molecule has 0 aromatic rings. The predicted molar refractivity (Wildman–Crippen MR) is 52.5 cm³/mol. The molecule has 13 heavy (non-hydrogen) atoms. The molecule has 0 saturated heterocycles. The van der Waals surface area contributed by atoms with E-state index < -0.39 is 0 Å². The summed E-state index contributed by atoms with van der Waals surface area (Å²) < 4.78 is 0. The molecule has 3 N–H and O–H groups in total. The first-order valence-corrected chi connectivity index (χ1v) is 4.37. The topological polar surface area (TPSA) is 60.7 Å². The Labute approximate surface area is 79.0 Å². The number of rotatable bonds is 4. The Bertz CT molecular complexity index is 220. The summed E-state index contributed by atoms with van der Waals surface area (Å²) in [5.74, 6) is 0.108. The molecule has 0 unspecified atom stereocenters. The molecule has 0 atom stereocenters. The molecule has 0 aliphatic carbocycles. The van der Waals surface area contributed by atoms with Crippen molar-refractivity contribution >= 4 is 0 Å². The highest BCUT2D eigenvalue weighted by Gasteiger charge is 2.06. The van der Waals surface area contributed by atoms with Gasteiger partial charge in [-0.1, -0.05) is 6.92 Å². The van der Waals surface area contributed by atoms with Gasteiger partial charge in [0.15, 0.2) is 0 Å². The zero-order chi connectivity index (χ0) is 10.4. The standard InChI is InChI=1S/C10H18O3/c1-4-9(6-12)10(13)8(3)7(2)5-11/h11-13H,4-6H2,1-3H3. The summed E-state index contributed by atoms with van der Waals surface area (Å²) >= 11 is 0. The van der Waals surface area contributed by atoms with Crippen molar-refractivity contribution in [1.29, 1.82) is 0 Å². The average Bonchev–Trinajstić information content (AvgIpc) is 2.17. The minimum Gasteiger partial charge on any atom is -0.508 e. The number of allylic oxidation sites excluding steroid dienone is 1. The zero-order valence-corrected chi connectivity index (χ0v) is 8.46. The van der Waals surface area contributed by atoms with E-state index in [1.165, 1.54) is 0 Å². The largest absolute Gasteiger partial charge is 0.508 e. The van der Waals surface area contributed by atoms with Gasteiger partial charge < -0.3 is 15.3 Å². The molecule has 0 fully saturated rings. The first-order valence-electron chi connectivity index (χ1n) is 4.37. The molecule has 3 nitrogen and oxygen atoms in total. The molecule has 0 bridgehead atoms. The molecule has 0 aliphatic rings. The summed E-state index contributed by atoms with van der Waals surface area (Å²) in [4.78, 5) is 0. The molecule has 0 heterocycles. The smallest absolute Gasteiger partial charge is 0.119 e. The first kappa shape index (κ1) is 12.2. The Morgan fingerprint density at radius 3 is 1.92 bits per heavy atom. The highest BCUT2D eigenvalue weighted by molar-refractivity contribution is 5.32. The maximum absolute atomic E-state index is 9.63. The van der Waals surface area contributed by atoms with E-state index in [0.29, 0.717) is 17.6 Å².